The number of carbonyl (C=O) groups is 1. The summed E-state index contributed by atoms with van der Waals surface area (Å²) in [4.78, 5) is 28.7. The predicted octanol–water partition coefficient (Wildman–Crippen LogP) is 0.687. The highest BCUT2D eigenvalue weighted by molar-refractivity contribution is 5.75. The molecule has 0 spiro atoms. The molecule has 3 rings (SSSR count). The Morgan fingerprint density at radius 1 is 1.08 bits per heavy atom. The molecule has 0 radical (unpaired) electrons. The Morgan fingerprint density at radius 3 is 2.42 bits per heavy atom. The topological polar surface area (TPSA) is 92.1 Å². The quantitative estimate of drug-likeness (QED) is 0.871. The molecule has 9 heteroatoms. The van der Waals surface area contributed by atoms with Gasteiger partial charge in [0.05, 0.1) is 0 Å². The lowest BCUT2D eigenvalue weighted by atomic mass is 10.1. The number of hydrogen-bond acceptors (Lipinski definition) is 6. The van der Waals surface area contributed by atoms with Crippen LogP contribution in [0.3, 0.4) is 0 Å². The molecule has 24 heavy (non-hydrogen) atoms. The average Bonchev–Trinajstić information content (AvgIpc) is 3.08. The van der Waals surface area contributed by atoms with Crippen LogP contribution in [0.25, 0.3) is 5.82 Å². The summed E-state index contributed by atoms with van der Waals surface area (Å²) >= 11 is 0. The summed E-state index contributed by atoms with van der Waals surface area (Å²) in [5, 5.41) is 7.07. The minimum Gasteiger partial charge on any atom is -0.353 e. The van der Waals surface area contributed by atoms with E-state index in [0.717, 1.165) is 18.9 Å². The van der Waals surface area contributed by atoms with Crippen LogP contribution in [-0.4, -0.2) is 67.4 Å². The molecule has 0 atom stereocenters. The largest absolute Gasteiger partial charge is 0.353 e. The van der Waals surface area contributed by atoms with Crippen molar-refractivity contribution >= 4 is 11.8 Å². The number of amides is 2. The summed E-state index contributed by atoms with van der Waals surface area (Å²) in [6, 6.07) is 1.85. The van der Waals surface area contributed by atoms with Crippen LogP contribution in [-0.2, 0) is 0 Å². The number of nitrogens with zero attached hydrogens (tertiary/aromatic N) is 7. The van der Waals surface area contributed by atoms with Crippen LogP contribution >= 0.6 is 0 Å². The SMILES string of the molecule is CC(C)(C)NC(=O)N1CCN(c2cc(-n3cncn3)ncn2)CC1. The van der Waals surface area contributed by atoms with Crippen LogP contribution in [0, 0.1) is 0 Å². The van der Waals surface area contributed by atoms with Crippen molar-refractivity contribution in [1.82, 2.24) is 34.9 Å². The standard InChI is InChI=1S/C15H22N8O/c1-15(2,3)20-14(24)22-6-4-21(5-7-22)12-8-13(18-10-17-12)23-11-16-9-19-23/h8-11H,4-7H2,1-3H3,(H,20,24). The van der Waals surface area contributed by atoms with E-state index >= 15 is 0 Å². The van der Waals surface area contributed by atoms with E-state index in [1.54, 1.807) is 11.0 Å². The van der Waals surface area contributed by atoms with E-state index in [1.165, 1.54) is 12.7 Å². The number of hydrogen-bond donors (Lipinski definition) is 1. The molecule has 128 valence electrons. The molecule has 3 heterocycles. The molecule has 0 saturated carbocycles. The van der Waals surface area contributed by atoms with Gasteiger partial charge in [0.1, 0.15) is 24.8 Å². The molecule has 0 unspecified atom stereocenters. The molecule has 9 nitrogen and oxygen atoms in total. The lowest BCUT2D eigenvalue weighted by Gasteiger charge is -2.36. The molecule has 2 aromatic heterocycles. The van der Waals surface area contributed by atoms with Gasteiger partial charge in [0.15, 0.2) is 5.82 Å². The number of nitrogens with one attached hydrogen (secondary N) is 1. The first-order valence-electron chi connectivity index (χ1n) is 7.91. The third kappa shape index (κ3) is 3.79. The first-order chi connectivity index (χ1) is 11.4. The van der Waals surface area contributed by atoms with Gasteiger partial charge in [-0.25, -0.2) is 24.4 Å². The summed E-state index contributed by atoms with van der Waals surface area (Å²) in [5.74, 6) is 1.50. The zero-order valence-electron chi connectivity index (χ0n) is 14.2. The minimum absolute atomic E-state index is 0.0202. The van der Waals surface area contributed by atoms with E-state index in [-0.39, 0.29) is 11.6 Å². The van der Waals surface area contributed by atoms with Gasteiger partial charge in [0.2, 0.25) is 0 Å². The smallest absolute Gasteiger partial charge is 0.317 e. The van der Waals surface area contributed by atoms with E-state index in [0.29, 0.717) is 18.9 Å². The second kappa shape index (κ2) is 6.42. The monoisotopic (exact) mass is 330 g/mol. The molecule has 0 aromatic carbocycles. The zero-order valence-corrected chi connectivity index (χ0v) is 14.2. The van der Waals surface area contributed by atoms with Crippen LogP contribution < -0.4 is 10.2 Å². The van der Waals surface area contributed by atoms with E-state index in [1.807, 2.05) is 31.7 Å². The molecular weight excluding hydrogens is 308 g/mol. The van der Waals surface area contributed by atoms with E-state index < -0.39 is 0 Å². The third-order valence-corrected chi connectivity index (χ3v) is 3.66. The molecule has 1 fully saturated rings. The Hall–Kier alpha value is -2.71. The van der Waals surface area contributed by atoms with Crippen molar-refractivity contribution in [3.63, 3.8) is 0 Å². The summed E-state index contributed by atoms with van der Waals surface area (Å²) in [7, 11) is 0. The average molecular weight is 330 g/mol. The summed E-state index contributed by atoms with van der Waals surface area (Å²) in [6.45, 7) is 8.71. The van der Waals surface area contributed by atoms with Crippen LogP contribution in [0.5, 0.6) is 0 Å². The number of aromatic nitrogens is 5. The highest BCUT2D eigenvalue weighted by Gasteiger charge is 2.24. The van der Waals surface area contributed by atoms with Crippen LogP contribution in [0.2, 0.25) is 0 Å². The molecule has 0 aliphatic carbocycles. The van der Waals surface area contributed by atoms with Gasteiger partial charge >= 0.3 is 6.03 Å². The van der Waals surface area contributed by atoms with Crippen molar-refractivity contribution in [2.75, 3.05) is 31.1 Å². The van der Waals surface area contributed by atoms with Crippen LogP contribution in [0.15, 0.2) is 25.0 Å². The van der Waals surface area contributed by atoms with Gasteiger partial charge < -0.3 is 15.1 Å². The fraction of sp³-hybridized carbons (Fsp3) is 0.533. The first kappa shape index (κ1) is 16.2. The maximum atomic E-state index is 12.2. The molecular formula is C15H22N8O. The minimum atomic E-state index is -0.229. The van der Waals surface area contributed by atoms with Gasteiger partial charge in [0.25, 0.3) is 0 Å². The van der Waals surface area contributed by atoms with E-state index in [4.69, 9.17) is 0 Å². The van der Waals surface area contributed by atoms with Gasteiger partial charge in [-0.2, -0.15) is 5.10 Å². The van der Waals surface area contributed by atoms with Crippen LogP contribution in [0.1, 0.15) is 20.8 Å². The summed E-state index contributed by atoms with van der Waals surface area (Å²) in [6.07, 6.45) is 4.58. The molecule has 1 N–H and O–H groups in total. The lowest BCUT2D eigenvalue weighted by molar-refractivity contribution is 0.185. The van der Waals surface area contributed by atoms with E-state index in [9.17, 15) is 4.79 Å². The molecule has 0 bridgehead atoms. The van der Waals surface area contributed by atoms with Gasteiger partial charge in [-0.1, -0.05) is 0 Å². The molecule has 1 saturated heterocycles. The normalized spacial score (nSPS) is 15.5. The zero-order chi connectivity index (χ0) is 17.2. The number of rotatable bonds is 2. The van der Waals surface area contributed by atoms with Crippen molar-refractivity contribution in [3.8, 4) is 5.82 Å². The first-order valence-corrected chi connectivity index (χ1v) is 7.91. The number of urea groups is 1. The fourth-order valence-corrected chi connectivity index (χ4v) is 2.50. The predicted molar refractivity (Wildman–Crippen MR) is 89.0 cm³/mol. The maximum Gasteiger partial charge on any atom is 0.317 e. The second-order valence-electron chi connectivity index (χ2n) is 6.73. The second-order valence-corrected chi connectivity index (χ2v) is 6.73. The third-order valence-electron chi connectivity index (χ3n) is 3.66. The fourth-order valence-electron chi connectivity index (χ4n) is 2.50. The molecule has 1 aliphatic rings. The van der Waals surface area contributed by atoms with Crippen LogP contribution in [0.4, 0.5) is 10.6 Å². The molecule has 2 amide bonds. The van der Waals surface area contributed by atoms with Gasteiger partial charge in [0, 0.05) is 37.8 Å². The molecule has 1 aliphatic heterocycles. The van der Waals surface area contributed by atoms with Gasteiger partial charge in [-0.05, 0) is 20.8 Å². The van der Waals surface area contributed by atoms with Crippen molar-refractivity contribution in [3.05, 3.63) is 25.0 Å². The number of piperazine rings is 1. The van der Waals surface area contributed by atoms with Gasteiger partial charge in [-0.3, -0.25) is 0 Å². The van der Waals surface area contributed by atoms with Crippen molar-refractivity contribution < 1.29 is 4.79 Å². The Kier molecular flexibility index (Phi) is 4.32. The highest BCUT2D eigenvalue weighted by Crippen LogP contribution is 2.15. The highest BCUT2D eigenvalue weighted by atomic mass is 16.2. The maximum absolute atomic E-state index is 12.2. The summed E-state index contributed by atoms with van der Waals surface area (Å²) < 4.78 is 1.60. The Balaban J connectivity index is 1.63. The van der Waals surface area contributed by atoms with Gasteiger partial charge in [-0.15, -0.1) is 0 Å². The Bertz CT molecular complexity index is 686. The lowest BCUT2D eigenvalue weighted by Crippen LogP contribution is -2.55. The van der Waals surface area contributed by atoms with Crippen molar-refractivity contribution in [2.24, 2.45) is 0 Å². The van der Waals surface area contributed by atoms with Crippen molar-refractivity contribution in [1.29, 1.82) is 0 Å². The summed E-state index contributed by atoms with van der Waals surface area (Å²) in [5.41, 5.74) is -0.229. The van der Waals surface area contributed by atoms with E-state index in [2.05, 4.69) is 30.3 Å². The van der Waals surface area contributed by atoms with Crippen molar-refractivity contribution in [2.45, 2.75) is 26.3 Å². The Morgan fingerprint density at radius 2 is 1.79 bits per heavy atom. The number of carbonyl (C=O) groups excluding carboxylic acids is 1. The molecule has 2 aromatic rings. The Labute approximate surface area is 140 Å². The number of anilines is 1.